The minimum absolute atomic E-state index is 0.143. The van der Waals surface area contributed by atoms with Crippen LogP contribution in [-0.2, 0) is 6.42 Å². The monoisotopic (exact) mass is 375 g/mol. The van der Waals surface area contributed by atoms with E-state index < -0.39 is 0 Å². The summed E-state index contributed by atoms with van der Waals surface area (Å²) < 4.78 is 0.849. The minimum atomic E-state index is -0.359. The van der Waals surface area contributed by atoms with E-state index in [0.717, 1.165) is 16.5 Å². The van der Waals surface area contributed by atoms with Crippen molar-refractivity contribution < 1.29 is 4.92 Å². The Morgan fingerprint density at radius 3 is 2.67 bits per heavy atom. The summed E-state index contributed by atoms with van der Waals surface area (Å²) in [6, 6.07) is 5.06. The Balaban J connectivity index is 2.11. The van der Waals surface area contributed by atoms with Crippen LogP contribution in [0, 0.1) is 16.0 Å². The summed E-state index contributed by atoms with van der Waals surface area (Å²) in [6.45, 7) is 0. The average Bonchev–Trinajstić information content (AvgIpc) is 2.34. The van der Waals surface area contributed by atoms with E-state index in [4.69, 9.17) is 0 Å². The van der Waals surface area contributed by atoms with Crippen LogP contribution in [-0.4, -0.2) is 9.75 Å². The first-order valence-electron chi connectivity index (χ1n) is 6.15. The van der Waals surface area contributed by atoms with Crippen LogP contribution in [0.1, 0.15) is 31.2 Å². The first-order valence-corrected chi connectivity index (χ1v) is 7.85. The fourth-order valence-electron chi connectivity index (χ4n) is 2.49. The molecule has 0 amide bonds. The molecule has 0 radical (unpaired) electrons. The fraction of sp³-hybridized carbons (Fsp3) is 0.538. The quantitative estimate of drug-likeness (QED) is 0.429. The molecule has 1 aromatic rings. The van der Waals surface area contributed by atoms with Gasteiger partial charge in [0.1, 0.15) is 0 Å². The molecular formula is C13H15Br2NO2. The Labute approximate surface area is 123 Å². The molecule has 5 heteroatoms. The highest BCUT2D eigenvalue weighted by atomic mass is 79.9. The lowest BCUT2D eigenvalue weighted by Gasteiger charge is -2.27. The second-order valence-electron chi connectivity index (χ2n) is 4.80. The number of halogens is 2. The van der Waals surface area contributed by atoms with E-state index in [-0.39, 0.29) is 10.6 Å². The van der Waals surface area contributed by atoms with Gasteiger partial charge in [0.15, 0.2) is 0 Å². The second kappa shape index (κ2) is 6.15. The van der Waals surface area contributed by atoms with E-state index in [0.29, 0.717) is 10.7 Å². The summed E-state index contributed by atoms with van der Waals surface area (Å²) in [7, 11) is 0. The van der Waals surface area contributed by atoms with Crippen LogP contribution in [0.5, 0.6) is 0 Å². The third-order valence-corrected chi connectivity index (χ3v) is 5.49. The summed E-state index contributed by atoms with van der Waals surface area (Å²) >= 11 is 7.19. The lowest BCUT2D eigenvalue weighted by molar-refractivity contribution is -0.384. The molecule has 0 spiro atoms. The summed E-state index contributed by atoms with van der Waals surface area (Å²) in [5.41, 5.74) is 1.31. The highest BCUT2D eigenvalue weighted by molar-refractivity contribution is 9.10. The zero-order chi connectivity index (χ0) is 13.1. The molecule has 0 aliphatic heterocycles. The van der Waals surface area contributed by atoms with E-state index >= 15 is 0 Å². The summed E-state index contributed by atoms with van der Waals surface area (Å²) in [5.74, 6) is 0.636. The van der Waals surface area contributed by atoms with Crippen LogP contribution < -0.4 is 0 Å². The molecule has 1 aliphatic rings. The molecule has 18 heavy (non-hydrogen) atoms. The number of nitrogens with zero attached hydrogens (tertiary/aromatic N) is 1. The maximum Gasteiger partial charge on any atom is 0.270 e. The summed E-state index contributed by atoms with van der Waals surface area (Å²) in [4.78, 5) is 10.9. The van der Waals surface area contributed by atoms with Crippen LogP contribution in [0.3, 0.4) is 0 Å². The van der Waals surface area contributed by atoms with Gasteiger partial charge < -0.3 is 0 Å². The lowest BCUT2D eigenvalue weighted by Crippen LogP contribution is -2.21. The van der Waals surface area contributed by atoms with Crippen molar-refractivity contribution in [2.45, 2.75) is 36.9 Å². The van der Waals surface area contributed by atoms with Gasteiger partial charge in [-0.05, 0) is 30.7 Å². The number of hydrogen-bond donors (Lipinski definition) is 0. The normalized spacial score (nSPS) is 23.9. The molecule has 0 bridgehead atoms. The van der Waals surface area contributed by atoms with Gasteiger partial charge in [0, 0.05) is 21.4 Å². The van der Waals surface area contributed by atoms with Crippen molar-refractivity contribution in [3.05, 3.63) is 38.3 Å². The van der Waals surface area contributed by atoms with Crippen molar-refractivity contribution in [1.29, 1.82) is 0 Å². The van der Waals surface area contributed by atoms with Crippen molar-refractivity contribution in [3.63, 3.8) is 0 Å². The van der Waals surface area contributed by atoms with E-state index in [1.54, 1.807) is 12.1 Å². The fourth-order valence-corrected chi connectivity index (χ4v) is 3.79. The second-order valence-corrected chi connectivity index (χ2v) is 6.83. The molecule has 0 N–H and O–H groups in total. The van der Waals surface area contributed by atoms with Crippen LogP contribution in [0.2, 0.25) is 0 Å². The Morgan fingerprint density at radius 2 is 2.06 bits per heavy atom. The predicted molar refractivity (Wildman–Crippen MR) is 79.2 cm³/mol. The van der Waals surface area contributed by atoms with E-state index in [1.165, 1.54) is 25.7 Å². The van der Waals surface area contributed by atoms with Crippen LogP contribution in [0.4, 0.5) is 5.69 Å². The smallest absolute Gasteiger partial charge is 0.258 e. The number of nitro groups is 1. The first-order chi connectivity index (χ1) is 8.58. The van der Waals surface area contributed by atoms with Crippen molar-refractivity contribution in [3.8, 4) is 0 Å². The summed E-state index contributed by atoms with van der Waals surface area (Å²) in [5, 5.41) is 10.7. The number of alkyl halides is 1. The molecule has 0 heterocycles. The zero-order valence-electron chi connectivity index (χ0n) is 9.94. The van der Waals surface area contributed by atoms with E-state index in [1.807, 2.05) is 6.07 Å². The minimum Gasteiger partial charge on any atom is -0.258 e. The van der Waals surface area contributed by atoms with Gasteiger partial charge in [-0.1, -0.05) is 50.8 Å². The third kappa shape index (κ3) is 3.32. The molecule has 1 aromatic carbocycles. The third-order valence-electron chi connectivity index (χ3n) is 3.55. The molecular weight excluding hydrogens is 362 g/mol. The van der Waals surface area contributed by atoms with Crippen LogP contribution >= 0.6 is 31.9 Å². The van der Waals surface area contributed by atoms with Gasteiger partial charge in [-0.25, -0.2) is 0 Å². The van der Waals surface area contributed by atoms with E-state index in [9.17, 15) is 10.1 Å². The Bertz CT molecular complexity index is 451. The van der Waals surface area contributed by atoms with Gasteiger partial charge in [0.25, 0.3) is 5.69 Å². The molecule has 3 nitrogen and oxygen atoms in total. The van der Waals surface area contributed by atoms with Gasteiger partial charge in [0.2, 0.25) is 0 Å². The van der Waals surface area contributed by atoms with Gasteiger partial charge in [-0.15, -0.1) is 0 Å². The Kier molecular flexibility index (Phi) is 4.78. The molecule has 98 valence electrons. The topological polar surface area (TPSA) is 43.1 Å². The van der Waals surface area contributed by atoms with Crippen molar-refractivity contribution in [2.75, 3.05) is 0 Å². The molecule has 0 saturated heterocycles. The number of hydrogen-bond acceptors (Lipinski definition) is 2. The molecule has 2 atom stereocenters. The maximum absolute atomic E-state index is 10.7. The zero-order valence-corrected chi connectivity index (χ0v) is 13.1. The highest BCUT2D eigenvalue weighted by Gasteiger charge is 2.23. The van der Waals surface area contributed by atoms with Crippen molar-refractivity contribution in [2.24, 2.45) is 5.92 Å². The molecule has 2 rings (SSSR count). The molecule has 1 aliphatic carbocycles. The van der Waals surface area contributed by atoms with E-state index in [2.05, 4.69) is 31.9 Å². The average molecular weight is 377 g/mol. The van der Waals surface area contributed by atoms with Gasteiger partial charge in [-0.2, -0.15) is 0 Å². The van der Waals surface area contributed by atoms with Gasteiger partial charge in [0.05, 0.1) is 4.92 Å². The Morgan fingerprint density at radius 1 is 1.33 bits per heavy atom. The van der Waals surface area contributed by atoms with Crippen molar-refractivity contribution >= 4 is 37.5 Å². The summed E-state index contributed by atoms with van der Waals surface area (Å²) in [6.07, 6.45) is 6.04. The first kappa shape index (κ1) is 14.0. The lowest BCUT2D eigenvalue weighted by atomic mass is 9.85. The molecule has 0 aromatic heterocycles. The molecule has 1 saturated carbocycles. The molecule has 2 unspecified atom stereocenters. The number of benzene rings is 1. The standard InChI is InChI=1S/C13H15Br2NO2/c14-12-4-2-1-3-9(12)7-10-5-6-11(16(17)18)8-13(10)15/h5-6,8-9,12H,1-4,7H2. The maximum atomic E-state index is 10.7. The largest absolute Gasteiger partial charge is 0.270 e. The van der Waals surface area contributed by atoms with Gasteiger partial charge in [-0.3, -0.25) is 10.1 Å². The highest BCUT2D eigenvalue weighted by Crippen LogP contribution is 2.34. The van der Waals surface area contributed by atoms with Gasteiger partial charge >= 0.3 is 0 Å². The molecule has 1 fully saturated rings. The Hall–Kier alpha value is -0.420. The van der Waals surface area contributed by atoms with Crippen molar-refractivity contribution in [1.82, 2.24) is 0 Å². The van der Waals surface area contributed by atoms with Crippen LogP contribution in [0.25, 0.3) is 0 Å². The SMILES string of the molecule is O=[N+]([O-])c1ccc(CC2CCCCC2Br)c(Br)c1. The number of nitro benzene ring substituents is 1. The predicted octanol–water partition coefficient (Wildman–Crippen LogP) is 4.85. The van der Waals surface area contributed by atoms with Crippen LogP contribution in [0.15, 0.2) is 22.7 Å². The number of rotatable bonds is 3. The number of non-ortho nitro benzene ring substituents is 1.